The Balaban J connectivity index is 1.72. The molecule has 1 aliphatic rings. The monoisotopic (exact) mass is 392 g/mol. The van der Waals surface area contributed by atoms with E-state index in [2.05, 4.69) is 5.32 Å². The SMILES string of the molecule is O=C(O)[C@H]1C[C@H](C(=O)Nc2ccc(F)cc2)CN(Cc2ccc(F)cc2F)C1. The van der Waals surface area contributed by atoms with Gasteiger partial charge in [-0.05, 0) is 36.8 Å². The minimum atomic E-state index is -1.04. The van der Waals surface area contributed by atoms with Crippen molar-refractivity contribution in [2.45, 2.75) is 13.0 Å². The summed E-state index contributed by atoms with van der Waals surface area (Å²) in [4.78, 5) is 25.8. The molecule has 148 valence electrons. The number of benzene rings is 2. The number of hydrogen-bond donors (Lipinski definition) is 2. The van der Waals surface area contributed by atoms with Crippen molar-refractivity contribution in [1.82, 2.24) is 4.90 Å². The highest BCUT2D eigenvalue weighted by atomic mass is 19.1. The molecule has 0 saturated carbocycles. The molecular weight excluding hydrogens is 373 g/mol. The first kappa shape index (κ1) is 19.9. The van der Waals surface area contributed by atoms with Crippen molar-refractivity contribution in [1.29, 1.82) is 0 Å². The number of likely N-dealkylation sites (tertiary alicyclic amines) is 1. The molecule has 2 aromatic carbocycles. The van der Waals surface area contributed by atoms with E-state index in [1.165, 1.54) is 30.3 Å². The average molecular weight is 392 g/mol. The summed E-state index contributed by atoms with van der Waals surface area (Å²) in [5.74, 6) is -4.70. The quantitative estimate of drug-likeness (QED) is 0.820. The standard InChI is InChI=1S/C20H19F3N2O3/c21-15-3-5-17(6-4-15)24-19(26)13-7-14(20(27)28)11-25(10-13)9-12-1-2-16(22)8-18(12)23/h1-6,8,13-14H,7,9-11H2,(H,24,26)(H,27,28)/t13-,14-/m0/s1. The molecule has 5 nitrogen and oxygen atoms in total. The van der Waals surface area contributed by atoms with Crippen LogP contribution in [0.2, 0.25) is 0 Å². The summed E-state index contributed by atoms with van der Waals surface area (Å²) >= 11 is 0. The zero-order valence-corrected chi connectivity index (χ0v) is 14.9. The predicted molar refractivity (Wildman–Crippen MR) is 95.9 cm³/mol. The highest BCUT2D eigenvalue weighted by Crippen LogP contribution is 2.26. The number of nitrogens with one attached hydrogen (secondary N) is 1. The minimum Gasteiger partial charge on any atom is -0.481 e. The Kier molecular flexibility index (Phi) is 5.99. The van der Waals surface area contributed by atoms with E-state index >= 15 is 0 Å². The van der Waals surface area contributed by atoms with Crippen molar-refractivity contribution >= 4 is 17.6 Å². The third kappa shape index (κ3) is 4.89. The molecule has 3 rings (SSSR count). The molecule has 1 heterocycles. The lowest BCUT2D eigenvalue weighted by molar-refractivity contribution is -0.145. The van der Waals surface area contributed by atoms with Crippen LogP contribution in [0.5, 0.6) is 0 Å². The van der Waals surface area contributed by atoms with Crippen LogP contribution in [0, 0.1) is 29.3 Å². The molecule has 8 heteroatoms. The zero-order chi connectivity index (χ0) is 20.3. The number of carboxylic acid groups (broad SMARTS) is 1. The summed E-state index contributed by atoms with van der Waals surface area (Å²) in [6.07, 6.45) is 0.144. The Morgan fingerprint density at radius 1 is 1.00 bits per heavy atom. The summed E-state index contributed by atoms with van der Waals surface area (Å²) in [7, 11) is 0. The van der Waals surface area contributed by atoms with Gasteiger partial charge in [0.2, 0.25) is 5.91 Å². The van der Waals surface area contributed by atoms with Gasteiger partial charge in [-0.25, -0.2) is 13.2 Å². The van der Waals surface area contributed by atoms with Gasteiger partial charge in [-0.1, -0.05) is 6.07 Å². The summed E-state index contributed by atoms with van der Waals surface area (Å²) in [6, 6.07) is 8.46. The number of carbonyl (C=O) groups is 2. The molecule has 0 aliphatic carbocycles. The van der Waals surface area contributed by atoms with Crippen molar-refractivity contribution < 1.29 is 27.9 Å². The van der Waals surface area contributed by atoms with Gasteiger partial charge in [-0.15, -0.1) is 0 Å². The Morgan fingerprint density at radius 2 is 1.64 bits per heavy atom. The molecule has 0 spiro atoms. The minimum absolute atomic E-state index is 0.0657. The van der Waals surface area contributed by atoms with Crippen LogP contribution in [0.15, 0.2) is 42.5 Å². The molecule has 1 saturated heterocycles. The number of aliphatic carboxylic acids is 1. The number of nitrogens with zero attached hydrogens (tertiary/aromatic N) is 1. The second-order valence-corrected chi connectivity index (χ2v) is 6.89. The van der Waals surface area contributed by atoms with E-state index in [1.54, 1.807) is 4.90 Å². The Hall–Kier alpha value is -2.87. The highest BCUT2D eigenvalue weighted by molar-refractivity contribution is 5.93. The summed E-state index contributed by atoms with van der Waals surface area (Å²) in [5.41, 5.74) is 0.630. The fraction of sp³-hybridized carbons (Fsp3) is 0.300. The van der Waals surface area contributed by atoms with Crippen LogP contribution in [-0.2, 0) is 16.1 Å². The number of halogens is 3. The fourth-order valence-corrected chi connectivity index (χ4v) is 3.36. The van der Waals surface area contributed by atoms with Crippen LogP contribution in [-0.4, -0.2) is 35.0 Å². The van der Waals surface area contributed by atoms with Crippen LogP contribution < -0.4 is 5.32 Å². The highest BCUT2D eigenvalue weighted by Gasteiger charge is 2.35. The van der Waals surface area contributed by atoms with E-state index in [0.29, 0.717) is 5.69 Å². The maximum atomic E-state index is 13.9. The topological polar surface area (TPSA) is 69.6 Å². The van der Waals surface area contributed by atoms with E-state index in [4.69, 9.17) is 0 Å². The summed E-state index contributed by atoms with van der Waals surface area (Å²) in [5, 5.41) is 12.1. The summed E-state index contributed by atoms with van der Waals surface area (Å²) < 4.78 is 40.0. The molecule has 2 atom stereocenters. The predicted octanol–water partition coefficient (Wildman–Crippen LogP) is 3.27. The van der Waals surface area contributed by atoms with Gasteiger partial charge in [-0.3, -0.25) is 14.5 Å². The number of amides is 1. The maximum Gasteiger partial charge on any atom is 0.307 e. The van der Waals surface area contributed by atoms with Gasteiger partial charge >= 0.3 is 5.97 Å². The molecule has 0 aromatic heterocycles. The number of piperidine rings is 1. The van der Waals surface area contributed by atoms with E-state index in [-0.39, 0.29) is 37.5 Å². The first-order valence-electron chi connectivity index (χ1n) is 8.77. The van der Waals surface area contributed by atoms with Crippen molar-refractivity contribution in [3.8, 4) is 0 Å². The van der Waals surface area contributed by atoms with Crippen LogP contribution in [0.25, 0.3) is 0 Å². The molecule has 0 radical (unpaired) electrons. The van der Waals surface area contributed by atoms with Gasteiger partial charge in [0.25, 0.3) is 0 Å². The number of carbonyl (C=O) groups excluding carboxylic acids is 1. The molecule has 2 aromatic rings. The first-order chi connectivity index (χ1) is 13.3. The third-order valence-electron chi connectivity index (χ3n) is 4.77. The lowest BCUT2D eigenvalue weighted by atomic mass is 9.88. The normalized spacial score (nSPS) is 20.0. The van der Waals surface area contributed by atoms with Crippen LogP contribution in [0.4, 0.5) is 18.9 Å². The first-order valence-corrected chi connectivity index (χ1v) is 8.77. The van der Waals surface area contributed by atoms with Crippen molar-refractivity contribution in [3.63, 3.8) is 0 Å². The van der Waals surface area contributed by atoms with Crippen LogP contribution in [0.1, 0.15) is 12.0 Å². The average Bonchev–Trinajstić information content (AvgIpc) is 2.65. The molecule has 2 N–H and O–H groups in total. The second kappa shape index (κ2) is 8.43. The van der Waals surface area contributed by atoms with E-state index in [0.717, 1.165) is 12.1 Å². The zero-order valence-electron chi connectivity index (χ0n) is 14.9. The molecule has 1 amide bonds. The van der Waals surface area contributed by atoms with Crippen LogP contribution >= 0.6 is 0 Å². The number of anilines is 1. The fourth-order valence-electron chi connectivity index (χ4n) is 3.36. The van der Waals surface area contributed by atoms with Gasteiger partial charge in [0, 0.05) is 37.0 Å². The summed E-state index contributed by atoms with van der Waals surface area (Å²) in [6.45, 7) is 0.455. The number of carboxylic acids is 1. The Bertz CT molecular complexity index is 873. The Labute approximate surface area is 159 Å². The van der Waals surface area contributed by atoms with Gasteiger partial charge in [0.15, 0.2) is 0 Å². The molecule has 1 aliphatic heterocycles. The molecule has 0 unspecified atom stereocenters. The van der Waals surface area contributed by atoms with E-state index in [9.17, 15) is 27.9 Å². The van der Waals surface area contributed by atoms with Gasteiger partial charge in [-0.2, -0.15) is 0 Å². The number of hydrogen-bond acceptors (Lipinski definition) is 3. The van der Waals surface area contributed by atoms with E-state index < -0.39 is 35.3 Å². The van der Waals surface area contributed by atoms with Crippen molar-refractivity contribution in [2.24, 2.45) is 11.8 Å². The lowest BCUT2D eigenvalue weighted by Crippen LogP contribution is -2.46. The molecule has 28 heavy (non-hydrogen) atoms. The molecule has 0 bridgehead atoms. The van der Waals surface area contributed by atoms with Gasteiger partial charge < -0.3 is 10.4 Å². The molecule has 1 fully saturated rings. The maximum absolute atomic E-state index is 13.9. The van der Waals surface area contributed by atoms with Crippen molar-refractivity contribution in [2.75, 3.05) is 18.4 Å². The van der Waals surface area contributed by atoms with E-state index in [1.807, 2.05) is 0 Å². The Morgan fingerprint density at radius 3 is 2.29 bits per heavy atom. The third-order valence-corrected chi connectivity index (χ3v) is 4.77. The van der Waals surface area contributed by atoms with Crippen LogP contribution in [0.3, 0.4) is 0 Å². The lowest BCUT2D eigenvalue weighted by Gasteiger charge is -2.35. The largest absolute Gasteiger partial charge is 0.481 e. The van der Waals surface area contributed by atoms with Crippen molar-refractivity contribution in [3.05, 3.63) is 65.5 Å². The number of rotatable bonds is 5. The van der Waals surface area contributed by atoms with Gasteiger partial charge in [0.1, 0.15) is 17.5 Å². The second-order valence-electron chi connectivity index (χ2n) is 6.89. The smallest absolute Gasteiger partial charge is 0.307 e. The molecular formula is C20H19F3N2O3. The van der Waals surface area contributed by atoms with Gasteiger partial charge in [0.05, 0.1) is 11.8 Å².